The SMILES string of the molecule is Cn1cc(N2CCN(c3nc(C4CC4)nc4scc(-c5ccccc5)c34)CC2=O)cn1. The van der Waals surface area contributed by atoms with E-state index in [-0.39, 0.29) is 5.91 Å². The van der Waals surface area contributed by atoms with Crippen molar-refractivity contribution in [3.8, 4) is 11.1 Å². The van der Waals surface area contributed by atoms with Crippen molar-refractivity contribution < 1.29 is 4.79 Å². The smallest absolute Gasteiger partial charge is 0.246 e. The molecular weight excluding hydrogens is 408 g/mol. The van der Waals surface area contributed by atoms with Crippen LogP contribution in [-0.2, 0) is 11.8 Å². The molecule has 4 heterocycles. The largest absolute Gasteiger partial charge is 0.345 e. The molecule has 0 radical (unpaired) electrons. The molecule has 1 saturated carbocycles. The predicted molar refractivity (Wildman–Crippen MR) is 123 cm³/mol. The van der Waals surface area contributed by atoms with Crippen LogP contribution >= 0.6 is 11.3 Å². The number of piperazine rings is 1. The Kier molecular flexibility index (Phi) is 4.27. The van der Waals surface area contributed by atoms with Gasteiger partial charge in [0.25, 0.3) is 0 Å². The fourth-order valence-corrected chi connectivity index (χ4v) is 5.15. The fraction of sp³-hybridized carbons (Fsp3) is 0.304. The van der Waals surface area contributed by atoms with Crippen molar-refractivity contribution in [1.29, 1.82) is 0 Å². The van der Waals surface area contributed by atoms with E-state index in [0.29, 0.717) is 19.0 Å². The molecule has 1 saturated heterocycles. The van der Waals surface area contributed by atoms with Gasteiger partial charge in [-0.05, 0) is 18.4 Å². The van der Waals surface area contributed by atoms with Crippen molar-refractivity contribution in [3.63, 3.8) is 0 Å². The first kappa shape index (κ1) is 18.5. The molecular formula is C23H22N6OS. The number of nitrogens with zero attached hydrogens (tertiary/aromatic N) is 6. The molecule has 0 spiro atoms. The summed E-state index contributed by atoms with van der Waals surface area (Å²) in [4.78, 5) is 27.9. The highest BCUT2D eigenvalue weighted by molar-refractivity contribution is 7.17. The second-order valence-corrected chi connectivity index (χ2v) is 9.07. The van der Waals surface area contributed by atoms with Gasteiger partial charge in [-0.1, -0.05) is 30.3 Å². The van der Waals surface area contributed by atoms with E-state index in [1.165, 1.54) is 0 Å². The van der Waals surface area contributed by atoms with Crippen LogP contribution in [0.4, 0.5) is 11.5 Å². The highest BCUT2D eigenvalue weighted by Crippen LogP contribution is 2.43. The second-order valence-electron chi connectivity index (χ2n) is 8.21. The second kappa shape index (κ2) is 7.16. The third kappa shape index (κ3) is 3.27. The number of aromatic nitrogens is 4. The number of fused-ring (bicyclic) bond motifs is 1. The molecule has 1 amide bonds. The maximum absolute atomic E-state index is 13.1. The summed E-state index contributed by atoms with van der Waals surface area (Å²) in [7, 11) is 1.86. The van der Waals surface area contributed by atoms with Crippen molar-refractivity contribution in [3.05, 3.63) is 53.9 Å². The summed E-state index contributed by atoms with van der Waals surface area (Å²) in [5.74, 6) is 2.34. The monoisotopic (exact) mass is 430 g/mol. The van der Waals surface area contributed by atoms with Crippen LogP contribution in [0.3, 0.4) is 0 Å². The van der Waals surface area contributed by atoms with E-state index in [1.807, 2.05) is 36.3 Å². The lowest BCUT2D eigenvalue weighted by molar-refractivity contribution is -0.117. The zero-order valence-electron chi connectivity index (χ0n) is 17.2. The zero-order valence-corrected chi connectivity index (χ0v) is 18.0. The molecule has 2 fully saturated rings. The number of hydrogen-bond acceptors (Lipinski definition) is 6. The quantitative estimate of drug-likeness (QED) is 0.492. The van der Waals surface area contributed by atoms with Gasteiger partial charge < -0.3 is 9.80 Å². The Balaban J connectivity index is 1.41. The minimum atomic E-state index is 0.0653. The molecule has 6 rings (SSSR count). The van der Waals surface area contributed by atoms with E-state index in [9.17, 15) is 4.79 Å². The normalized spacial score (nSPS) is 17.0. The van der Waals surface area contributed by atoms with Crippen LogP contribution in [0.15, 0.2) is 48.1 Å². The Labute approximate surface area is 184 Å². The van der Waals surface area contributed by atoms with E-state index in [4.69, 9.17) is 9.97 Å². The van der Waals surface area contributed by atoms with Gasteiger partial charge in [-0.3, -0.25) is 9.48 Å². The molecule has 31 heavy (non-hydrogen) atoms. The molecule has 8 heteroatoms. The van der Waals surface area contributed by atoms with Gasteiger partial charge in [0.1, 0.15) is 16.5 Å². The summed E-state index contributed by atoms with van der Waals surface area (Å²) < 4.78 is 1.72. The molecule has 0 unspecified atom stereocenters. The third-order valence-electron chi connectivity index (χ3n) is 5.98. The van der Waals surface area contributed by atoms with E-state index >= 15 is 0 Å². The van der Waals surface area contributed by atoms with Gasteiger partial charge in [-0.25, -0.2) is 9.97 Å². The van der Waals surface area contributed by atoms with Crippen LogP contribution < -0.4 is 9.80 Å². The Bertz CT molecular complexity index is 1280. The molecule has 1 aliphatic carbocycles. The molecule has 4 aromatic rings. The van der Waals surface area contributed by atoms with Crippen molar-refractivity contribution in [2.24, 2.45) is 7.05 Å². The predicted octanol–water partition coefficient (Wildman–Crippen LogP) is 3.82. The first-order valence-corrected chi connectivity index (χ1v) is 11.4. The van der Waals surface area contributed by atoms with Crippen LogP contribution in [0, 0.1) is 0 Å². The summed E-state index contributed by atoms with van der Waals surface area (Å²) in [5, 5.41) is 7.44. The van der Waals surface area contributed by atoms with Gasteiger partial charge >= 0.3 is 0 Å². The molecule has 0 atom stereocenters. The maximum atomic E-state index is 13.1. The minimum Gasteiger partial charge on any atom is -0.345 e. The lowest BCUT2D eigenvalue weighted by Gasteiger charge is -2.34. The number of amides is 1. The first-order chi connectivity index (χ1) is 15.2. The summed E-state index contributed by atoms with van der Waals surface area (Å²) in [6, 6.07) is 10.4. The van der Waals surface area contributed by atoms with E-state index < -0.39 is 0 Å². The van der Waals surface area contributed by atoms with E-state index in [1.54, 1.807) is 22.2 Å². The number of hydrogen-bond donors (Lipinski definition) is 0. The molecule has 1 aromatic carbocycles. The maximum Gasteiger partial charge on any atom is 0.246 e. The number of carbonyl (C=O) groups excluding carboxylic acids is 1. The molecule has 1 aliphatic heterocycles. The summed E-state index contributed by atoms with van der Waals surface area (Å²) >= 11 is 1.66. The number of rotatable bonds is 4. The molecule has 2 aliphatic rings. The Morgan fingerprint density at radius 1 is 1.10 bits per heavy atom. The minimum absolute atomic E-state index is 0.0653. The van der Waals surface area contributed by atoms with Gasteiger partial charge in [-0.2, -0.15) is 5.10 Å². The lowest BCUT2D eigenvalue weighted by Crippen LogP contribution is -2.51. The number of anilines is 2. The van der Waals surface area contributed by atoms with Gasteiger partial charge in [0.2, 0.25) is 5.91 Å². The third-order valence-corrected chi connectivity index (χ3v) is 6.85. The number of thiophene rings is 1. The number of benzene rings is 1. The average Bonchev–Trinajstić information content (AvgIpc) is 3.42. The first-order valence-electron chi connectivity index (χ1n) is 10.6. The van der Waals surface area contributed by atoms with E-state index in [0.717, 1.165) is 58.1 Å². The van der Waals surface area contributed by atoms with Gasteiger partial charge in [0.15, 0.2) is 0 Å². The Hall–Kier alpha value is -3.26. The van der Waals surface area contributed by atoms with Gasteiger partial charge in [0.05, 0.1) is 23.8 Å². The zero-order chi connectivity index (χ0) is 20.9. The fourth-order valence-electron chi connectivity index (χ4n) is 4.20. The van der Waals surface area contributed by atoms with Gasteiger partial charge in [-0.15, -0.1) is 11.3 Å². The standard InChI is InChI=1S/C23H22N6OS/c1-27-12-17(11-24-27)29-10-9-28(13-19(29)30)22-20-18(15-5-3-2-4-6-15)14-31-23(20)26-21(25-22)16-7-8-16/h2-6,11-12,14,16H,7-10,13H2,1H3. The van der Waals surface area contributed by atoms with Crippen molar-refractivity contribution in [2.75, 3.05) is 29.4 Å². The highest BCUT2D eigenvalue weighted by Gasteiger charge is 2.32. The molecule has 3 aromatic heterocycles. The molecule has 0 bridgehead atoms. The summed E-state index contributed by atoms with van der Waals surface area (Å²) in [6.07, 6.45) is 5.92. The van der Waals surface area contributed by atoms with Crippen molar-refractivity contribution in [2.45, 2.75) is 18.8 Å². The van der Waals surface area contributed by atoms with Crippen molar-refractivity contribution in [1.82, 2.24) is 19.7 Å². The number of aryl methyl sites for hydroxylation is 1. The van der Waals surface area contributed by atoms with Crippen LogP contribution in [0.1, 0.15) is 24.6 Å². The van der Waals surface area contributed by atoms with Crippen LogP contribution in [0.2, 0.25) is 0 Å². The number of carbonyl (C=O) groups is 1. The molecule has 0 N–H and O–H groups in total. The van der Waals surface area contributed by atoms with Crippen molar-refractivity contribution >= 4 is 39.0 Å². The van der Waals surface area contributed by atoms with Gasteiger partial charge in [0, 0.05) is 43.2 Å². The average molecular weight is 431 g/mol. The lowest BCUT2D eigenvalue weighted by atomic mass is 10.1. The summed E-state index contributed by atoms with van der Waals surface area (Å²) in [5.41, 5.74) is 3.14. The van der Waals surface area contributed by atoms with E-state index in [2.05, 4.69) is 27.5 Å². The van der Waals surface area contributed by atoms with Crippen LogP contribution in [-0.4, -0.2) is 45.3 Å². The molecule has 156 valence electrons. The molecule has 7 nitrogen and oxygen atoms in total. The summed E-state index contributed by atoms with van der Waals surface area (Å²) in [6.45, 7) is 1.63. The topological polar surface area (TPSA) is 67.2 Å². The highest BCUT2D eigenvalue weighted by atomic mass is 32.1. The Morgan fingerprint density at radius 3 is 2.65 bits per heavy atom. The van der Waals surface area contributed by atoms with Crippen LogP contribution in [0.25, 0.3) is 21.3 Å². The van der Waals surface area contributed by atoms with Crippen LogP contribution in [0.5, 0.6) is 0 Å². The Morgan fingerprint density at radius 2 is 1.94 bits per heavy atom.